The normalized spacial score (nSPS) is 10.5. The van der Waals surface area contributed by atoms with E-state index in [1.165, 1.54) is 18.2 Å². The summed E-state index contributed by atoms with van der Waals surface area (Å²) in [5, 5.41) is 21.3. The van der Waals surface area contributed by atoms with E-state index in [1.807, 2.05) is 13.8 Å². The average molecular weight is 343 g/mol. The summed E-state index contributed by atoms with van der Waals surface area (Å²) in [5.74, 6) is -0.581. The highest BCUT2D eigenvalue weighted by atomic mass is 16.5. The molecule has 0 saturated heterocycles. The van der Waals surface area contributed by atoms with Crippen molar-refractivity contribution in [3.8, 4) is 11.5 Å². The summed E-state index contributed by atoms with van der Waals surface area (Å²) in [5.41, 5.74) is 1.02. The van der Waals surface area contributed by atoms with Crippen LogP contribution in [0.4, 0.5) is 5.69 Å². The van der Waals surface area contributed by atoms with E-state index in [0.29, 0.717) is 29.4 Å². The molecule has 1 amide bonds. The Kier molecular flexibility index (Phi) is 6.00. The van der Waals surface area contributed by atoms with Gasteiger partial charge in [0.05, 0.1) is 18.7 Å². The lowest BCUT2D eigenvalue weighted by atomic mass is 10.1. The molecule has 6 nitrogen and oxygen atoms in total. The highest BCUT2D eigenvalue weighted by Crippen LogP contribution is 2.25. The summed E-state index contributed by atoms with van der Waals surface area (Å²) in [6.07, 6.45) is -0.193. The van der Waals surface area contributed by atoms with Gasteiger partial charge < -0.3 is 20.3 Å². The standard InChI is InChI=1S/C19H21NO5/c1-12(2)11-25-15-5-3-4-14(10-15)19(24)20-16-8-13(9-18(22)23)6-7-17(16)21/h3-8,10,12,21H,9,11H2,1-2H3,(H,20,24)(H,22,23). The van der Waals surface area contributed by atoms with Crippen LogP contribution in [-0.2, 0) is 11.2 Å². The number of phenolic OH excluding ortho intramolecular Hbond substituents is 1. The van der Waals surface area contributed by atoms with Crippen molar-refractivity contribution in [2.75, 3.05) is 11.9 Å². The molecule has 0 aliphatic rings. The number of carboxylic acids is 1. The maximum atomic E-state index is 12.4. The molecule has 0 aliphatic heterocycles. The number of hydrogen-bond acceptors (Lipinski definition) is 4. The molecule has 132 valence electrons. The molecule has 3 N–H and O–H groups in total. The van der Waals surface area contributed by atoms with Gasteiger partial charge in [-0.05, 0) is 41.8 Å². The van der Waals surface area contributed by atoms with Gasteiger partial charge in [-0.2, -0.15) is 0 Å². The number of aliphatic carboxylic acids is 1. The predicted octanol–water partition coefficient (Wildman–Crippen LogP) is 3.31. The molecule has 0 heterocycles. The van der Waals surface area contributed by atoms with Gasteiger partial charge in [-0.1, -0.05) is 26.0 Å². The Bertz CT molecular complexity index is 770. The van der Waals surface area contributed by atoms with E-state index in [-0.39, 0.29) is 17.9 Å². The van der Waals surface area contributed by atoms with E-state index in [1.54, 1.807) is 24.3 Å². The highest BCUT2D eigenvalue weighted by Gasteiger charge is 2.12. The van der Waals surface area contributed by atoms with Crippen LogP contribution in [0.5, 0.6) is 11.5 Å². The number of amides is 1. The summed E-state index contributed by atoms with van der Waals surface area (Å²) in [6, 6.07) is 11.0. The quantitative estimate of drug-likeness (QED) is 0.670. The zero-order valence-electron chi connectivity index (χ0n) is 14.2. The van der Waals surface area contributed by atoms with Crippen molar-refractivity contribution in [2.45, 2.75) is 20.3 Å². The highest BCUT2D eigenvalue weighted by molar-refractivity contribution is 6.05. The van der Waals surface area contributed by atoms with E-state index in [9.17, 15) is 14.7 Å². The molecule has 0 spiro atoms. The number of carbonyl (C=O) groups is 2. The Balaban J connectivity index is 2.14. The average Bonchev–Trinajstić information content (AvgIpc) is 2.55. The molecule has 0 radical (unpaired) electrons. The first-order chi connectivity index (χ1) is 11.8. The summed E-state index contributed by atoms with van der Waals surface area (Å²) < 4.78 is 5.60. The molecule has 0 aromatic heterocycles. The minimum atomic E-state index is -0.988. The van der Waals surface area contributed by atoms with Gasteiger partial charge in [-0.3, -0.25) is 9.59 Å². The molecule has 0 bridgehead atoms. The van der Waals surface area contributed by atoms with Gasteiger partial charge in [-0.15, -0.1) is 0 Å². The van der Waals surface area contributed by atoms with Crippen molar-refractivity contribution in [3.05, 3.63) is 53.6 Å². The zero-order chi connectivity index (χ0) is 18.4. The molecule has 0 unspecified atom stereocenters. The van der Waals surface area contributed by atoms with E-state index < -0.39 is 11.9 Å². The maximum absolute atomic E-state index is 12.4. The SMILES string of the molecule is CC(C)COc1cccc(C(=O)Nc2cc(CC(=O)O)ccc2O)c1. The Hall–Kier alpha value is -3.02. The number of hydrogen-bond donors (Lipinski definition) is 3. The van der Waals surface area contributed by atoms with Crippen molar-refractivity contribution in [2.24, 2.45) is 5.92 Å². The van der Waals surface area contributed by atoms with Gasteiger partial charge in [0.25, 0.3) is 5.91 Å². The molecular weight excluding hydrogens is 322 g/mol. The van der Waals surface area contributed by atoms with Crippen molar-refractivity contribution in [1.82, 2.24) is 0 Å². The summed E-state index contributed by atoms with van der Waals surface area (Å²) >= 11 is 0. The third-order valence-electron chi connectivity index (χ3n) is 3.34. The van der Waals surface area contributed by atoms with Gasteiger partial charge in [0.1, 0.15) is 11.5 Å². The molecule has 2 aromatic carbocycles. The van der Waals surface area contributed by atoms with Crippen LogP contribution in [-0.4, -0.2) is 28.7 Å². The molecule has 0 fully saturated rings. The maximum Gasteiger partial charge on any atom is 0.307 e. The van der Waals surface area contributed by atoms with Crippen LogP contribution in [0.3, 0.4) is 0 Å². The molecular formula is C19H21NO5. The van der Waals surface area contributed by atoms with Crippen LogP contribution in [0.15, 0.2) is 42.5 Å². The lowest BCUT2D eigenvalue weighted by molar-refractivity contribution is -0.136. The summed E-state index contributed by atoms with van der Waals surface area (Å²) in [6.45, 7) is 4.61. The van der Waals surface area contributed by atoms with Crippen molar-refractivity contribution >= 4 is 17.6 Å². The molecule has 0 atom stereocenters. The number of carboxylic acid groups (broad SMARTS) is 1. The van der Waals surface area contributed by atoms with Gasteiger partial charge in [-0.25, -0.2) is 0 Å². The van der Waals surface area contributed by atoms with Crippen LogP contribution < -0.4 is 10.1 Å². The second kappa shape index (κ2) is 8.19. The minimum Gasteiger partial charge on any atom is -0.506 e. The second-order valence-electron chi connectivity index (χ2n) is 6.11. The molecule has 0 saturated carbocycles. The van der Waals surface area contributed by atoms with Gasteiger partial charge in [0.2, 0.25) is 0 Å². The zero-order valence-corrected chi connectivity index (χ0v) is 14.2. The summed E-state index contributed by atoms with van der Waals surface area (Å²) in [4.78, 5) is 23.2. The molecule has 6 heteroatoms. The summed E-state index contributed by atoms with van der Waals surface area (Å²) in [7, 11) is 0. The monoisotopic (exact) mass is 343 g/mol. The van der Waals surface area contributed by atoms with E-state index in [4.69, 9.17) is 9.84 Å². The largest absolute Gasteiger partial charge is 0.506 e. The van der Waals surface area contributed by atoms with Crippen molar-refractivity contribution < 1.29 is 24.5 Å². The third kappa shape index (κ3) is 5.53. The first-order valence-corrected chi connectivity index (χ1v) is 7.93. The van der Waals surface area contributed by atoms with Gasteiger partial charge >= 0.3 is 5.97 Å². The lowest BCUT2D eigenvalue weighted by Gasteiger charge is -2.11. The molecule has 2 rings (SSSR count). The smallest absolute Gasteiger partial charge is 0.307 e. The number of phenols is 1. The fourth-order valence-corrected chi connectivity index (χ4v) is 2.15. The number of benzene rings is 2. The minimum absolute atomic E-state index is 0.130. The lowest BCUT2D eigenvalue weighted by Crippen LogP contribution is -2.13. The number of rotatable bonds is 7. The fraction of sp³-hybridized carbons (Fsp3) is 0.263. The predicted molar refractivity (Wildman–Crippen MR) is 94.2 cm³/mol. The van der Waals surface area contributed by atoms with Gasteiger partial charge in [0.15, 0.2) is 0 Å². The number of aromatic hydroxyl groups is 1. The van der Waals surface area contributed by atoms with Crippen molar-refractivity contribution in [3.63, 3.8) is 0 Å². The van der Waals surface area contributed by atoms with Crippen LogP contribution in [0.1, 0.15) is 29.8 Å². The topological polar surface area (TPSA) is 95.9 Å². The Morgan fingerprint density at radius 3 is 2.60 bits per heavy atom. The van der Waals surface area contributed by atoms with Crippen LogP contribution in [0, 0.1) is 5.92 Å². The van der Waals surface area contributed by atoms with Crippen LogP contribution in [0.25, 0.3) is 0 Å². The Labute approximate surface area is 146 Å². The first-order valence-electron chi connectivity index (χ1n) is 7.93. The van der Waals surface area contributed by atoms with Crippen molar-refractivity contribution in [1.29, 1.82) is 0 Å². The Morgan fingerprint density at radius 1 is 1.16 bits per heavy atom. The van der Waals surface area contributed by atoms with Crippen LogP contribution in [0.2, 0.25) is 0 Å². The number of anilines is 1. The van der Waals surface area contributed by atoms with E-state index in [2.05, 4.69) is 5.32 Å². The molecule has 0 aliphatic carbocycles. The fourth-order valence-electron chi connectivity index (χ4n) is 2.15. The number of nitrogens with one attached hydrogen (secondary N) is 1. The molecule has 25 heavy (non-hydrogen) atoms. The van der Waals surface area contributed by atoms with E-state index >= 15 is 0 Å². The first kappa shape index (κ1) is 18.3. The number of ether oxygens (including phenoxy) is 1. The van der Waals surface area contributed by atoms with Crippen LogP contribution >= 0.6 is 0 Å². The second-order valence-corrected chi connectivity index (χ2v) is 6.11. The third-order valence-corrected chi connectivity index (χ3v) is 3.34. The van der Waals surface area contributed by atoms with Gasteiger partial charge in [0, 0.05) is 5.56 Å². The molecule has 2 aromatic rings. The number of carbonyl (C=O) groups excluding carboxylic acids is 1. The Morgan fingerprint density at radius 2 is 1.92 bits per heavy atom. The van der Waals surface area contributed by atoms with E-state index in [0.717, 1.165) is 0 Å².